The fourth-order valence-electron chi connectivity index (χ4n) is 2.55. The SMILES string of the molecule is COc1ccc2c(c1)CCC2(O)CNC(=O)OC(C)(C)C. The number of aryl methyl sites for hydroxylation is 1. The largest absolute Gasteiger partial charge is 0.497 e. The van der Waals surface area contributed by atoms with Gasteiger partial charge in [-0.2, -0.15) is 0 Å². The molecule has 0 spiro atoms. The molecule has 0 heterocycles. The van der Waals surface area contributed by atoms with Gasteiger partial charge >= 0.3 is 6.09 Å². The van der Waals surface area contributed by atoms with Gasteiger partial charge in [0.15, 0.2) is 0 Å². The van der Waals surface area contributed by atoms with E-state index in [2.05, 4.69) is 5.32 Å². The monoisotopic (exact) mass is 293 g/mol. The van der Waals surface area contributed by atoms with Crippen molar-refractivity contribution in [2.45, 2.75) is 44.8 Å². The van der Waals surface area contributed by atoms with Crippen molar-refractivity contribution in [3.63, 3.8) is 0 Å². The van der Waals surface area contributed by atoms with Gasteiger partial charge in [-0.25, -0.2) is 4.79 Å². The normalized spacial score (nSPS) is 20.8. The highest BCUT2D eigenvalue weighted by molar-refractivity contribution is 5.67. The molecule has 1 aromatic carbocycles. The van der Waals surface area contributed by atoms with E-state index in [1.165, 1.54) is 0 Å². The van der Waals surface area contributed by atoms with Crippen LogP contribution in [-0.2, 0) is 16.8 Å². The number of carbonyl (C=O) groups is 1. The molecule has 1 unspecified atom stereocenters. The van der Waals surface area contributed by atoms with Crippen molar-refractivity contribution in [1.82, 2.24) is 5.32 Å². The number of hydrogen-bond donors (Lipinski definition) is 2. The summed E-state index contributed by atoms with van der Waals surface area (Å²) in [4.78, 5) is 11.7. The molecule has 5 nitrogen and oxygen atoms in total. The second kappa shape index (κ2) is 5.56. The van der Waals surface area contributed by atoms with Gasteiger partial charge in [0.05, 0.1) is 13.7 Å². The van der Waals surface area contributed by atoms with Crippen LogP contribution in [0.4, 0.5) is 4.79 Å². The molecule has 1 atom stereocenters. The van der Waals surface area contributed by atoms with Crippen LogP contribution < -0.4 is 10.1 Å². The standard InChI is InChI=1S/C16H23NO4/c1-15(2,3)21-14(18)17-10-16(19)8-7-11-9-12(20-4)5-6-13(11)16/h5-6,9,19H,7-8,10H2,1-4H3,(H,17,18). The Balaban J connectivity index is 2.04. The Morgan fingerprint density at radius 3 is 2.76 bits per heavy atom. The van der Waals surface area contributed by atoms with E-state index in [0.717, 1.165) is 23.3 Å². The molecular weight excluding hydrogens is 270 g/mol. The highest BCUT2D eigenvalue weighted by Gasteiger charge is 2.37. The summed E-state index contributed by atoms with van der Waals surface area (Å²) < 4.78 is 10.4. The van der Waals surface area contributed by atoms with Crippen LogP contribution in [0.15, 0.2) is 18.2 Å². The highest BCUT2D eigenvalue weighted by Crippen LogP contribution is 2.38. The number of ether oxygens (including phenoxy) is 2. The summed E-state index contributed by atoms with van der Waals surface area (Å²) in [6, 6.07) is 5.61. The number of nitrogens with one attached hydrogen (secondary N) is 1. The Labute approximate surface area is 125 Å². The Kier molecular flexibility index (Phi) is 4.14. The van der Waals surface area contributed by atoms with Crippen molar-refractivity contribution in [2.24, 2.45) is 0 Å². The van der Waals surface area contributed by atoms with Crippen LogP contribution >= 0.6 is 0 Å². The predicted octanol–water partition coefficient (Wildman–Crippen LogP) is 2.35. The van der Waals surface area contributed by atoms with Crippen molar-refractivity contribution in [3.8, 4) is 5.75 Å². The van der Waals surface area contributed by atoms with Crippen LogP contribution in [0.1, 0.15) is 38.3 Å². The average Bonchev–Trinajstić information content (AvgIpc) is 2.72. The molecule has 0 radical (unpaired) electrons. The molecule has 0 saturated carbocycles. The maximum atomic E-state index is 11.7. The summed E-state index contributed by atoms with van der Waals surface area (Å²) in [5.74, 6) is 0.776. The minimum absolute atomic E-state index is 0.140. The molecule has 5 heteroatoms. The zero-order chi connectivity index (χ0) is 15.7. The van der Waals surface area contributed by atoms with E-state index in [0.29, 0.717) is 6.42 Å². The molecule has 0 saturated heterocycles. The number of fused-ring (bicyclic) bond motifs is 1. The van der Waals surface area contributed by atoms with Crippen LogP contribution in [0, 0.1) is 0 Å². The highest BCUT2D eigenvalue weighted by atomic mass is 16.6. The number of hydrogen-bond acceptors (Lipinski definition) is 4. The Morgan fingerprint density at radius 1 is 1.43 bits per heavy atom. The van der Waals surface area contributed by atoms with Crippen molar-refractivity contribution < 1.29 is 19.4 Å². The predicted molar refractivity (Wildman–Crippen MR) is 79.4 cm³/mol. The summed E-state index contributed by atoms with van der Waals surface area (Å²) in [7, 11) is 1.62. The van der Waals surface area contributed by atoms with E-state index in [9.17, 15) is 9.90 Å². The first kappa shape index (κ1) is 15.6. The van der Waals surface area contributed by atoms with Crippen LogP contribution in [0.3, 0.4) is 0 Å². The van der Waals surface area contributed by atoms with Gasteiger partial charge in [-0.3, -0.25) is 0 Å². The lowest BCUT2D eigenvalue weighted by Gasteiger charge is -2.26. The zero-order valence-corrected chi connectivity index (χ0v) is 13.0. The third-order valence-corrected chi connectivity index (χ3v) is 3.55. The number of rotatable bonds is 3. The minimum Gasteiger partial charge on any atom is -0.497 e. The van der Waals surface area contributed by atoms with Crippen molar-refractivity contribution >= 4 is 6.09 Å². The second-order valence-corrected chi connectivity index (χ2v) is 6.41. The fourth-order valence-corrected chi connectivity index (χ4v) is 2.55. The summed E-state index contributed by atoms with van der Waals surface area (Å²) >= 11 is 0. The van der Waals surface area contributed by atoms with Crippen LogP contribution in [0.25, 0.3) is 0 Å². The first-order valence-electron chi connectivity index (χ1n) is 7.10. The molecule has 0 aliphatic heterocycles. The van der Waals surface area contributed by atoms with Gasteiger partial charge in [0.2, 0.25) is 0 Å². The fraction of sp³-hybridized carbons (Fsp3) is 0.562. The van der Waals surface area contributed by atoms with Gasteiger partial charge in [0.25, 0.3) is 0 Å². The van der Waals surface area contributed by atoms with Crippen LogP contribution in [0.2, 0.25) is 0 Å². The molecule has 0 bridgehead atoms. The number of methoxy groups -OCH3 is 1. The lowest BCUT2D eigenvalue weighted by atomic mass is 9.96. The van der Waals surface area contributed by atoms with Gasteiger partial charge in [-0.1, -0.05) is 6.07 Å². The molecule has 1 aromatic rings. The molecule has 0 aromatic heterocycles. The zero-order valence-electron chi connectivity index (χ0n) is 13.0. The van der Waals surface area contributed by atoms with E-state index in [1.54, 1.807) is 27.9 Å². The molecule has 1 amide bonds. The molecule has 2 N–H and O–H groups in total. The number of carbonyl (C=O) groups excluding carboxylic acids is 1. The Morgan fingerprint density at radius 2 is 2.14 bits per heavy atom. The summed E-state index contributed by atoms with van der Waals surface area (Å²) in [6.07, 6.45) is 0.822. The van der Waals surface area contributed by atoms with E-state index in [1.807, 2.05) is 18.2 Å². The molecule has 1 aliphatic rings. The third kappa shape index (κ3) is 3.67. The van der Waals surface area contributed by atoms with Gasteiger partial charge < -0.3 is 19.9 Å². The van der Waals surface area contributed by atoms with Crippen molar-refractivity contribution in [3.05, 3.63) is 29.3 Å². The second-order valence-electron chi connectivity index (χ2n) is 6.41. The molecule has 0 fully saturated rings. The van der Waals surface area contributed by atoms with E-state index < -0.39 is 17.3 Å². The van der Waals surface area contributed by atoms with E-state index in [4.69, 9.17) is 9.47 Å². The first-order valence-corrected chi connectivity index (χ1v) is 7.10. The number of aliphatic hydroxyl groups is 1. The topological polar surface area (TPSA) is 67.8 Å². The lowest BCUT2D eigenvalue weighted by molar-refractivity contribution is 0.0226. The first-order chi connectivity index (χ1) is 9.73. The lowest BCUT2D eigenvalue weighted by Crippen LogP contribution is -2.41. The average molecular weight is 293 g/mol. The van der Waals surface area contributed by atoms with Crippen LogP contribution in [0.5, 0.6) is 5.75 Å². The number of amides is 1. The van der Waals surface area contributed by atoms with Crippen LogP contribution in [-0.4, -0.2) is 30.5 Å². The minimum atomic E-state index is -1.04. The number of benzene rings is 1. The third-order valence-electron chi connectivity index (χ3n) is 3.55. The van der Waals surface area contributed by atoms with Crippen molar-refractivity contribution in [1.29, 1.82) is 0 Å². The maximum absolute atomic E-state index is 11.7. The molecule has 2 rings (SSSR count). The summed E-state index contributed by atoms with van der Waals surface area (Å²) in [6.45, 7) is 5.55. The Hall–Kier alpha value is -1.75. The van der Waals surface area contributed by atoms with E-state index >= 15 is 0 Å². The van der Waals surface area contributed by atoms with Gasteiger partial charge in [-0.05, 0) is 56.9 Å². The van der Waals surface area contributed by atoms with Gasteiger partial charge in [0.1, 0.15) is 17.0 Å². The van der Waals surface area contributed by atoms with Gasteiger partial charge in [-0.15, -0.1) is 0 Å². The number of alkyl carbamates (subject to hydrolysis) is 1. The molecule has 1 aliphatic carbocycles. The van der Waals surface area contributed by atoms with Gasteiger partial charge in [0, 0.05) is 0 Å². The Bertz CT molecular complexity index is 536. The molecular formula is C16H23NO4. The maximum Gasteiger partial charge on any atom is 0.407 e. The van der Waals surface area contributed by atoms with Crippen molar-refractivity contribution in [2.75, 3.05) is 13.7 Å². The molecule has 116 valence electrons. The summed E-state index contributed by atoms with van der Waals surface area (Å²) in [5.41, 5.74) is 0.314. The smallest absolute Gasteiger partial charge is 0.407 e. The quantitative estimate of drug-likeness (QED) is 0.897. The molecule has 21 heavy (non-hydrogen) atoms. The van der Waals surface area contributed by atoms with E-state index in [-0.39, 0.29) is 6.54 Å². The summed E-state index contributed by atoms with van der Waals surface area (Å²) in [5, 5.41) is 13.4.